The van der Waals surface area contributed by atoms with Crippen LogP contribution in [0.25, 0.3) is 0 Å². The van der Waals surface area contributed by atoms with Crippen molar-refractivity contribution in [3.05, 3.63) is 90.0 Å². The predicted octanol–water partition coefficient (Wildman–Crippen LogP) is 7.85. The molecule has 0 fully saturated rings. The van der Waals surface area contributed by atoms with E-state index < -0.39 is 26.2 Å². The van der Waals surface area contributed by atoms with Crippen molar-refractivity contribution >= 4 is 31.4 Å². The first-order valence-corrected chi connectivity index (χ1v) is 26.9. The summed E-state index contributed by atoms with van der Waals surface area (Å²) >= 11 is -1.89. The van der Waals surface area contributed by atoms with Gasteiger partial charge in [-0.3, -0.25) is 0 Å². The molecule has 3 aromatic rings. The molecule has 3 rings (SSSR count). The summed E-state index contributed by atoms with van der Waals surface area (Å²) in [6.07, 6.45) is 0. The zero-order valence-electron chi connectivity index (χ0n) is 18.8. The number of rotatable bonds is 1. The Hall–Kier alpha value is -0.0740. The van der Waals surface area contributed by atoms with E-state index in [4.69, 9.17) is 17.0 Å². The van der Waals surface area contributed by atoms with Crippen LogP contribution in [0, 0.1) is 0 Å². The van der Waals surface area contributed by atoms with Gasteiger partial charge in [0.1, 0.15) is 0 Å². The van der Waals surface area contributed by atoms with Gasteiger partial charge in [-0.2, -0.15) is 47.5 Å². The predicted molar refractivity (Wildman–Crippen MR) is 131 cm³/mol. The molecule has 0 aliphatic heterocycles. The van der Waals surface area contributed by atoms with E-state index in [0.717, 1.165) is 0 Å². The average molecular weight is 569 g/mol. The summed E-state index contributed by atoms with van der Waals surface area (Å²) in [4.78, 5) is 0. The Morgan fingerprint density at radius 3 is 1.38 bits per heavy atom. The number of hydrogen-bond acceptors (Lipinski definition) is 0. The molecule has 158 valence electrons. The molecule has 3 aromatic carbocycles. The van der Waals surface area contributed by atoms with Crippen LogP contribution < -0.4 is 4.40 Å². The van der Waals surface area contributed by atoms with E-state index in [1.54, 1.807) is 0 Å². The van der Waals surface area contributed by atoms with Gasteiger partial charge in [-0.1, -0.05) is 52.4 Å². The van der Waals surface area contributed by atoms with Crippen molar-refractivity contribution in [1.29, 1.82) is 0 Å². The fourth-order valence-electron chi connectivity index (χ4n) is 2.55. The van der Waals surface area contributed by atoms with Crippen LogP contribution >= 0.6 is 17.0 Å². The topological polar surface area (TPSA) is 0 Å². The molecule has 0 spiro atoms. The molecule has 0 aliphatic carbocycles. The van der Waals surface area contributed by atoms with Crippen molar-refractivity contribution < 1.29 is 16.2 Å². The van der Waals surface area contributed by atoms with Crippen LogP contribution in [0.2, 0.25) is 5.76 Å². The first kappa shape index (κ1) is 27.0. The third-order valence-corrected chi connectivity index (χ3v) is 36.6. The summed E-state index contributed by atoms with van der Waals surface area (Å²) in [7, 11) is 10.8. The van der Waals surface area contributed by atoms with Crippen LogP contribution in [0.15, 0.2) is 78.9 Å². The van der Waals surface area contributed by atoms with Crippen molar-refractivity contribution in [2.45, 2.75) is 58.1 Å². The van der Waals surface area contributed by atoms with E-state index in [1.165, 1.54) is 15.5 Å². The van der Waals surface area contributed by atoms with E-state index >= 15 is 0 Å². The molecule has 0 heterocycles. The Morgan fingerprint density at radius 1 is 0.724 bits per heavy atom. The van der Waals surface area contributed by atoms with Crippen molar-refractivity contribution in [3.63, 3.8) is 0 Å². The second kappa shape index (κ2) is 12.7. The van der Waals surface area contributed by atoms with Crippen LogP contribution in [0.5, 0.6) is 0 Å². The van der Waals surface area contributed by atoms with Crippen LogP contribution in [-0.2, 0) is 27.1 Å². The monoisotopic (exact) mass is 568 g/mol. The van der Waals surface area contributed by atoms with E-state index in [0.29, 0.717) is 10.8 Å². The number of hydrogen-bond donors (Lipinski definition) is 0. The van der Waals surface area contributed by atoms with Gasteiger partial charge in [0, 0.05) is 0 Å². The summed E-state index contributed by atoms with van der Waals surface area (Å²) < 4.78 is 1.44. The van der Waals surface area contributed by atoms with Gasteiger partial charge in [-0.05, 0) is 0 Å². The van der Waals surface area contributed by atoms with Gasteiger partial charge in [-0.15, -0.1) is 0 Å². The molecule has 0 amide bonds. The van der Waals surface area contributed by atoms with Gasteiger partial charge in [0.05, 0.1) is 0 Å². The quantitative estimate of drug-likeness (QED) is 0.207. The average Bonchev–Trinajstić information content (AvgIpc) is 3.35. The minimum absolute atomic E-state index is 0.323. The maximum atomic E-state index is 6.00. The van der Waals surface area contributed by atoms with Gasteiger partial charge in [0.15, 0.2) is 0 Å². The van der Waals surface area contributed by atoms with Gasteiger partial charge in [-0.25, -0.2) is 12.1 Å². The van der Waals surface area contributed by atoms with Gasteiger partial charge in [0.2, 0.25) is 0 Å². The molecule has 0 saturated heterocycles. The fraction of sp³-hybridized carbons (Fsp3) is 0.360. The molecule has 4 heteroatoms. The minimum atomic E-state index is -1.89. The van der Waals surface area contributed by atoms with E-state index in [2.05, 4.69) is 120 Å². The Bertz CT molecular complexity index is 786. The third-order valence-electron chi connectivity index (χ3n) is 4.55. The van der Waals surface area contributed by atoms with Gasteiger partial charge >= 0.3 is 83.7 Å². The van der Waals surface area contributed by atoms with E-state index in [1.807, 2.05) is 6.07 Å². The standard InChI is InChI=1S/2C9H13.C7H8Ge.2ClH.Zr/c2*1-9(2,3)8-6-4-5-7-8;1-8-7-5-3-2-4-6-7;;;/h2*4-7H,1-3H3;2-6H,1H3;2*1H;/q2*-1;;;;+2/p-2. The Morgan fingerprint density at radius 2 is 1.14 bits per heavy atom. The summed E-state index contributed by atoms with van der Waals surface area (Å²) in [6.45, 7) is 13.3. The molecule has 0 saturated carbocycles. The summed E-state index contributed by atoms with van der Waals surface area (Å²) in [5.41, 5.74) is 3.48. The van der Waals surface area contributed by atoms with E-state index in [9.17, 15) is 0 Å². The molecular formula is C25H34Cl2GeZr-2. The molecule has 0 unspecified atom stereocenters. The van der Waals surface area contributed by atoms with Crippen molar-refractivity contribution in [3.8, 4) is 0 Å². The maximum absolute atomic E-state index is 6.00. The molecule has 0 aliphatic rings. The van der Waals surface area contributed by atoms with Crippen LogP contribution in [0.4, 0.5) is 0 Å². The fourth-order valence-corrected chi connectivity index (χ4v) is 16.1. The molecule has 29 heavy (non-hydrogen) atoms. The van der Waals surface area contributed by atoms with Crippen molar-refractivity contribution in [2.24, 2.45) is 0 Å². The molecular weight excluding hydrogens is 535 g/mol. The Kier molecular flexibility index (Phi) is 11.8. The molecule has 0 atom stereocenters. The first-order chi connectivity index (χ1) is 13.4. The SMILES string of the molecule is CC(C)(C)c1cc[cH-]c1.CC(C)(C)c1cc[cH-]c1.[CH3][Ge]([c]1ccccc1)=[Zr]([Cl])[Cl]. The number of benzene rings is 1. The molecule has 0 bridgehead atoms. The second-order valence-electron chi connectivity index (χ2n) is 9.10. The molecule has 0 aromatic heterocycles. The first-order valence-electron chi connectivity index (χ1n) is 9.94. The molecule has 0 N–H and O–H groups in total. The summed E-state index contributed by atoms with van der Waals surface area (Å²) in [6, 6.07) is 27.5. The third kappa shape index (κ3) is 10.7. The van der Waals surface area contributed by atoms with Gasteiger partial charge in [0.25, 0.3) is 0 Å². The van der Waals surface area contributed by atoms with Crippen LogP contribution in [0.3, 0.4) is 0 Å². The van der Waals surface area contributed by atoms with E-state index in [-0.39, 0.29) is 0 Å². The van der Waals surface area contributed by atoms with Crippen LogP contribution in [-0.4, -0.2) is 9.98 Å². The Labute approximate surface area is 194 Å². The zero-order valence-corrected chi connectivity index (χ0v) is 24.8. The van der Waals surface area contributed by atoms with Crippen molar-refractivity contribution in [1.82, 2.24) is 0 Å². The van der Waals surface area contributed by atoms with Crippen LogP contribution in [0.1, 0.15) is 52.7 Å². The van der Waals surface area contributed by atoms with Crippen molar-refractivity contribution in [2.75, 3.05) is 0 Å². The normalized spacial score (nSPS) is 10.9. The van der Waals surface area contributed by atoms with Gasteiger partial charge < -0.3 is 0 Å². The number of halogens is 2. The summed E-state index contributed by atoms with van der Waals surface area (Å²) in [5.74, 6) is 2.27. The molecule has 0 nitrogen and oxygen atoms in total. The summed E-state index contributed by atoms with van der Waals surface area (Å²) in [5, 5.41) is 0. The molecule has 0 radical (unpaired) electrons. The second-order valence-corrected chi connectivity index (χ2v) is 43.5. The Balaban J connectivity index is 0.000000219. The zero-order chi connectivity index (χ0) is 22.1.